The van der Waals surface area contributed by atoms with E-state index in [1.165, 1.54) is 0 Å². The van der Waals surface area contributed by atoms with Crippen LogP contribution in [-0.2, 0) is 20.9 Å². The average Bonchev–Trinajstić information content (AvgIpc) is 2.34. The van der Waals surface area contributed by atoms with Crippen molar-refractivity contribution in [3.8, 4) is 0 Å². The van der Waals surface area contributed by atoms with E-state index in [9.17, 15) is 9.59 Å². The maximum absolute atomic E-state index is 11.8. The molecule has 0 spiro atoms. The molecule has 0 saturated heterocycles. The van der Waals surface area contributed by atoms with Gasteiger partial charge in [-0.15, -0.1) is 0 Å². The summed E-state index contributed by atoms with van der Waals surface area (Å²) in [7, 11) is 0. The Balaban J connectivity index is 2.50. The summed E-state index contributed by atoms with van der Waals surface area (Å²) < 4.78 is 4.76. The molecule has 17 heavy (non-hydrogen) atoms. The lowest BCUT2D eigenvalue weighted by Crippen LogP contribution is -2.39. The van der Waals surface area contributed by atoms with Crippen LogP contribution >= 0.6 is 0 Å². The highest BCUT2D eigenvalue weighted by molar-refractivity contribution is 5.81. The molecule has 1 rings (SSSR count). The molecule has 0 aromatic heterocycles. The molecule has 4 heteroatoms. The molecule has 1 atom stereocenters. The van der Waals surface area contributed by atoms with Gasteiger partial charge in [-0.1, -0.05) is 44.2 Å². The Morgan fingerprint density at radius 3 is 2.53 bits per heavy atom. The summed E-state index contributed by atoms with van der Waals surface area (Å²) in [4.78, 5) is 22.0. The molecule has 0 aliphatic rings. The molecule has 0 heterocycles. The van der Waals surface area contributed by atoms with E-state index in [2.05, 4.69) is 5.32 Å². The van der Waals surface area contributed by atoms with E-state index in [-0.39, 0.29) is 11.8 Å². The van der Waals surface area contributed by atoms with Crippen molar-refractivity contribution >= 4 is 12.4 Å². The topological polar surface area (TPSA) is 55.4 Å². The van der Waals surface area contributed by atoms with Gasteiger partial charge < -0.3 is 10.1 Å². The van der Waals surface area contributed by atoms with Crippen molar-refractivity contribution < 1.29 is 14.3 Å². The van der Waals surface area contributed by atoms with E-state index in [4.69, 9.17) is 4.74 Å². The number of hydrogen-bond acceptors (Lipinski definition) is 3. The first-order chi connectivity index (χ1) is 8.15. The summed E-state index contributed by atoms with van der Waals surface area (Å²) in [5.41, 5.74) is 1.01. The Hall–Kier alpha value is -1.84. The van der Waals surface area contributed by atoms with Gasteiger partial charge in [0, 0.05) is 6.54 Å². The van der Waals surface area contributed by atoms with Crippen molar-refractivity contribution in [3.63, 3.8) is 0 Å². The van der Waals surface area contributed by atoms with Crippen molar-refractivity contribution in [3.05, 3.63) is 35.9 Å². The highest BCUT2D eigenvalue weighted by atomic mass is 16.5. The highest BCUT2D eigenvalue weighted by Gasteiger charge is 2.22. The fourth-order valence-corrected chi connectivity index (χ4v) is 1.47. The first-order valence-electron chi connectivity index (χ1n) is 5.56. The molecule has 1 N–H and O–H groups in total. The van der Waals surface area contributed by atoms with Gasteiger partial charge in [0.15, 0.2) is 6.10 Å². The molecular weight excluding hydrogens is 218 g/mol. The molecule has 1 aromatic rings. The molecule has 0 saturated carbocycles. The van der Waals surface area contributed by atoms with Gasteiger partial charge in [-0.3, -0.25) is 9.59 Å². The Morgan fingerprint density at radius 1 is 1.35 bits per heavy atom. The second-order valence-corrected chi connectivity index (χ2v) is 4.10. The molecular formula is C13H17NO3. The minimum absolute atomic E-state index is 0.0454. The number of rotatable bonds is 6. The van der Waals surface area contributed by atoms with Crippen LogP contribution in [-0.4, -0.2) is 18.5 Å². The fraction of sp³-hybridized carbons (Fsp3) is 0.385. The van der Waals surface area contributed by atoms with Crippen LogP contribution in [0.15, 0.2) is 30.3 Å². The van der Waals surface area contributed by atoms with Gasteiger partial charge in [-0.2, -0.15) is 0 Å². The first-order valence-corrected chi connectivity index (χ1v) is 5.56. The van der Waals surface area contributed by atoms with Gasteiger partial charge >= 0.3 is 0 Å². The zero-order valence-electron chi connectivity index (χ0n) is 10.1. The van der Waals surface area contributed by atoms with E-state index in [0.29, 0.717) is 13.0 Å². The molecule has 92 valence electrons. The molecule has 0 fully saturated rings. The van der Waals surface area contributed by atoms with Crippen LogP contribution in [0.5, 0.6) is 0 Å². The Morgan fingerprint density at radius 2 is 2.00 bits per heavy atom. The summed E-state index contributed by atoms with van der Waals surface area (Å²) in [6.45, 7) is 4.41. The van der Waals surface area contributed by atoms with Crippen LogP contribution in [0.3, 0.4) is 0 Å². The minimum atomic E-state index is -0.726. The van der Waals surface area contributed by atoms with Crippen LogP contribution in [0.25, 0.3) is 0 Å². The van der Waals surface area contributed by atoms with Crippen molar-refractivity contribution in [2.45, 2.75) is 26.5 Å². The summed E-state index contributed by atoms with van der Waals surface area (Å²) in [6, 6.07) is 9.57. The number of hydrogen-bond donors (Lipinski definition) is 1. The van der Waals surface area contributed by atoms with Crippen LogP contribution < -0.4 is 5.32 Å². The largest absolute Gasteiger partial charge is 0.454 e. The molecule has 0 bridgehead atoms. The number of ether oxygens (including phenoxy) is 1. The van der Waals surface area contributed by atoms with Crippen LogP contribution in [0, 0.1) is 5.92 Å². The number of nitrogens with one attached hydrogen (secondary N) is 1. The maximum atomic E-state index is 11.8. The third-order valence-electron chi connectivity index (χ3n) is 2.38. The maximum Gasteiger partial charge on any atom is 0.293 e. The molecule has 0 aliphatic heterocycles. The second kappa shape index (κ2) is 6.68. The lowest BCUT2D eigenvalue weighted by molar-refractivity contribution is -0.147. The van der Waals surface area contributed by atoms with E-state index >= 15 is 0 Å². The third-order valence-corrected chi connectivity index (χ3v) is 2.38. The van der Waals surface area contributed by atoms with Crippen molar-refractivity contribution in [2.75, 3.05) is 0 Å². The Bertz CT molecular complexity index is 362. The fourth-order valence-electron chi connectivity index (χ4n) is 1.47. The predicted octanol–water partition coefficient (Wildman–Crippen LogP) is 1.50. The van der Waals surface area contributed by atoms with Gasteiger partial charge in [0.05, 0.1) is 0 Å². The van der Waals surface area contributed by atoms with Gasteiger partial charge in [0.25, 0.3) is 12.4 Å². The normalized spacial score (nSPS) is 11.9. The average molecular weight is 235 g/mol. The van der Waals surface area contributed by atoms with Gasteiger partial charge in [0.1, 0.15) is 0 Å². The third kappa shape index (κ3) is 4.26. The molecule has 0 aliphatic carbocycles. The van der Waals surface area contributed by atoms with E-state index < -0.39 is 6.10 Å². The molecule has 4 nitrogen and oxygen atoms in total. The predicted molar refractivity (Wildman–Crippen MR) is 64.1 cm³/mol. The Labute approximate surface area is 101 Å². The van der Waals surface area contributed by atoms with Crippen LogP contribution in [0.4, 0.5) is 0 Å². The summed E-state index contributed by atoms with van der Waals surface area (Å²) in [5.74, 6) is -0.313. The summed E-state index contributed by atoms with van der Waals surface area (Å²) in [5, 5.41) is 2.74. The quantitative estimate of drug-likeness (QED) is 0.760. The molecule has 1 unspecified atom stereocenters. The number of carbonyl (C=O) groups is 2. The highest BCUT2D eigenvalue weighted by Crippen LogP contribution is 2.06. The number of benzene rings is 1. The molecule has 1 amide bonds. The lowest BCUT2D eigenvalue weighted by Gasteiger charge is -2.18. The summed E-state index contributed by atoms with van der Waals surface area (Å²) >= 11 is 0. The number of amides is 1. The van der Waals surface area contributed by atoms with E-state index in [1.54, 1.807) is 0 Å². The Kier molecular flexibility index (Phi) is 5.20. The van der Waals surface area contributed by atoms with Crippen molar-refractivity contribution in [2.24, 2.45) is 5.92 Å². The minimum Gasteiger partial charge on any atom is -0.454 e. The smallest absolute Gasteiger partial charge is 0.293 e. The monoisotopic (exact) mass is 235 g/mol. The first kappa shape index (κ1) is 13.2. The zero-order chi connectivity index (χ0) is 12.7. The zero-order valence-corrected chi connectivity index (χ0v) is 10.1. The van der Waals surface area contributed by atoms with Crippen LogP contribution in [0.1, 0.15) is 19.4 Å². The van der Waals surface area contributed by atoms with Gasteiger partial charge in [0.2, 0.25) is 0 Å². The van der Waals surface area contributed by atoms with Crippen molar-refractivity contribution in [1.29, 1.82) is 0 Å². The SMILES string of the molecule is CC(C)C(OC=O)C(=O)NCc1ccccc1. The second-order valence-electron chi connectivity index (χ2n) is 4.10. The van der Waals surface area contributed by atoms with E-state index in [1.807, 2.05) is 44.2 Å². The van der Waals surface area contributed by atoms with Crippen molar-refractivity contribution in [1.82, 2.24) is 5.32 Å². The van der Waals surface area contributed by atoms with Gasteiger partial charge in [-0.05, 0) is 11.5 Å². The molecule has 0 radical (unpaired) electrons. The molecule has 1 aromatic carbocycles. The van der Waals surface area contributed by atoms with Crippen LogP contribution in [0.2, 0.25) is 0 Å². The van der Waals surface area contributed by atoms with Gasteiger partial charge in [-0.25, -0.2) is 0 Å². The summed E-state index contributed by atoms with van der Waals surface area (Å²) in [6.07, 6.45) is -0.726. The standard InChI is InChI=1S/C13H17NO3/c1-10(2)12(17-9-15)13(16)14-8-11-6-4-3-5-7-11/h3-7,9-10,12H,8H2,1-2H3,(H,14,16). The number of carbonyl (C=O) groups excluding carboxylic acids is 2. The van der Waals surface area contributed by atoms with E-state index in [0.717, 1.165) is 5.56 Å². The lowest BCUT2D eigenvalue weighted by atomic mass is 10.1.